The smallest absolute Gasteiger partial charge is 0.212 e. The van der Waals surface area contributed by atoms with Crippen molar-refractivity contribution >= 4 is 21.6 Å². The molecule has 4 nitrogen and oxygen atoms in total. The van der Waals surface area contributed by atoms with Gasteiger partial charge in [-0.05, 0) is 18.6 Å². The predicted molar refractivity (Wildman–Crippen MR) is 60.2 cm³/mol. The fraction of sp³-hybridized carbons (Fsp3) is 0.444. The third-order valence-corrected chi connectivity index (χ3v) is 4.17. The topological polar surface area (TPSA) is 73.0 Å². The van der Waals surface area contributed by atoms with Crippen LogP contribution in [0, 0.1) is 0 Å². The number of hydrogen-bond acceptors (Lipinski definition) is 3. The molecule has 0 saturated carbocycles. The monoisotopic (exact) mass is 248 g/mol. The fourth-order valence-electron chi connectivity index (χ4n) is 1.21. The highest BCUT2D eigenvalue weighted by Crippen LogP contribution is 2.22. The summed E-state index contributed by atoms with van der Waals surface area (Å²) in [5, 5.41) is 4.82. The summed E-state index contributed by atoms with van der Waals surface area (Å²) in [6.07, 6.45) is 1.56. The Morgan fingerprint density at radius 1 is 1.40 bits per heavy atom. The second kappa shape index (κ2) is 4.47. The second-order valence-electron chi connectivity index (χ2n) is 3.50. The molecule has 0 bridgehead atoms. The van der Waals surface area contributed by atoms with Crippen LogP contribution in [0.5, 0.6) is 0 Å². The molecule has 0 amide bonds. The molecule has 84 valence electrons. The lowest BCUT2D eigenvalue weighted by atomic mass is 10.0. The normalized spacial score (nSPS) is 16.0. The highest BCUT2D eigenvalue weighted by atomic mass is 35.5. The van der Waals surface area contributed by atoms with E-state index < -0.39 is 15.3 Å². The van der Waals surface area contributed by atoms with Gasteiger partial charge >= 0.3 is 0 Å². The summed E-state index contributed by atoms with van der Waals surface area (Å²) in [5.41, 5.74) is 0.806. The minimum Gasteiger partial charge on any atom is -0.244 e. The summed E-state index contributed by atoms with van der Waals surface area (Å²) >= 11 is 5.63. The maximum Gasteiger partial charge on any atom is 0.212 e. The van der Waals surface area contributed by atoms with Gasteiger partial charge in [-0.25, -0.2) is 18.5 Å². The molecule has 6 heteroatoms. The first-order valence-corrected chi connectivity index (χ1v) is 6.44. The van der Waals surface area contributed by atoms with Gasteiger partial charge < -0.3 is 0 Å². The van der Waals surface area contributed by atoms with Crippen molar-refractivity contribution in [2.45, 2.75) is 25.0 Å². The van der Waals surface area contributed by atoms with E-state index >= 15 is 0 Å². The van der Waals surface area contributed by atoms with Gasteiger partial charge in [0.2, 0.25) is 10.0 Å². The number of aromatic nitrogens is 1. The molecule has 2 N–H and O–H groups in total. The number of nitrogens with two attached hydrogens (primary N) is 1. The average molecular weight is 249 g/mol. The van der Waals surface area contributed by atoms with Crippen molar-refractivity contribution in [3.05, 3.63) is 29.0 Å². The largest absolute Gasteiger partial charge is 0.244 e. The Kier molecular flexibility index (Phi) is 3.70. The Morgan fingerprint density at radius 2 is 2.00 bits per heavy atom. The first kappa shape index (κ1) is 12.4. The van der Waals surface area contributed by atoms with E-state index in [1.807, 2.05) is 0 Å². The van der Waals surface area contributed by atoms with Crippen molar-refractivity contribution in [1.29, 1.82) is 0 Å². The van der Waals surface area contributed by atoms with Gasteiger partial charge in [-0.1, -0.05) is 24.6 Å². The third kappa shape index (κ3) is 3.15. The van der Waals surface area contributed by atoms with Crippen LogP contribution in [0.1, 0.15) is 25.3 Å². The second-order valence-corrected chi connectivity index (χ2v) is 5.81. The fourth-order valence-corrected chi connectivity index (χ4v) is 2.05. The molecule has 0 aliphatic rings. The summed E-state index contributed by atoms with van der Waals surface area (Å²) in [7, 11) is -3.52. The highest BCUT2D eigenvalue weighted by molar-refractivity contribution is 7.89. The molecule has 2 atom stereocenters. The van der Waals surface area contributed by atoms with Gasteiger partial charge in [-0.2, -0.15) is 0 Å². The molecule has 0 aromatic carbocycles. The average Bonchev–Trinajstić information content (AvgIpc) is 2.15. The van der Waals surface area contributed by atoms with Gasteiger partial charge in [0, 0.05) is 12.1 Å². The summed E-state index contributed by atoms with van der Waals surface area (Å²) < 4.78 is 22.3. The SMILES string of the molecule is C[C@H](c1ccc(Cl)nc1)[C@H](C)S(N)(=O)=O. The van der Waals surface area contributed by atoms with Gasteiger partial charge in [-0.15, -0.1) is 0 Å². The number of primary sulfonamides is 1. The summed E-state index contributed by atoms with van der Waals surface area (Å²) in [4.78, 5) is 3.89. The molecule has 1 heterocycles. The predicted octanol–water partition coefficient (Wildman–Crippen LogP) is 1.52. The molecule has 1 aromatic heterocycles. The van der Waals surface area contributed by atoms with E-state index in [4.69, 9.17) is 16.7 Å². The van der Waals surface area contributed by atoms with Crippen LogP contribution in [0.25, 0.3) is 0 Å². The number of pyridine rings is 1. The van der Waals surface area contributed by atoms with Crippen LogP contribution in [0.4, 0.5) is 0 Å². The standard InChI is InChI=1S/C9H13ClN2O2S/c1-6(7(2)15(11,13)14)8-3-4-9(10)12-5-8/h3-7H,1-2H3,(H2,11,13,14)/t6-,7-/m0/s1. The number of halogens is 1. The zero-order valence-corrected chi connectivity index (χ0v) is 10.1. The van der Waals surface area contributed by atoms with E-state index in [1.165, 1.54) is 0 Å². The first-order chi connectivity index (χ1) is 6.82. The Hall–Kier alpha value is -0.650. The van der Waals surface area contributed by atoms with Crippen molar-refractivity contribution in [3.63, 3.8) is 0 Å². The summed E-state index contributed by atoms with van der Waals surface area (Å²) in [5.74, 6) is -0.204. The van der Waals surface area contributed by atoms with Crippen molar-refractivity contribution in [3.8, 4) is 0 Å². The molecule has 0 aliphatic carbocycles. The van der Waals surface area contributed by atoms with E-state index in [9.17, 15) is 8.42 Å². The maximum absolute atomic E-state index is 11.1. The lowest BCUT2D eigenvalue weighted by molar-refractivity contribution is 0.571. The molecule has 0 fully saturated rings. The molecular formula is C9H13ClN2O2S. The minimum atomic E-state index is -3.52. The van der Waals surface area contributed by atoms with Gasteiger partial charge in [0.15, 0.2) is 0 Å². The molecule has 1 aromatic rings. The number of nitrogens with zero attached hydrogens (tertiary/aromatic N) is 1. The lowest BCUT2D eigenvalue weighted by Crippen LogP contribution is -2.30. The van der Waals surface area contributed by atoms with Gasteiger partial charge in [-0.3, -0.25) is 0 Å². The molecule has 0 aliphatic heterocycles. The van der Waals surface area contributed by atoms with Crippen molar-refractivity contribution < 1.29 is 8.42 Å². The van der Waals surface area contributed by atoms with Crippen LogP contribution in [0.15, 0.2) is 18.3 Å². The highest BCUT2D eigenvalue weighted by Gasteiger charge is 2.24. The minimum absolute atomic E-state index is 0.204. The molecule has 0 spiro atoms. The van der Waals surface area contributed by atoms with Crippen molar-refractivity contribution in [2.24, 2.45) is 5.14 Å². The number of rotatable bonds is 3. The van der Waals surface area contributed by atoms with Crippen LogP contribution in [0.3, 0.4) is 0 Å². The molecule has 0 unspecified atom stereocenters. The number of hydrogen-bond donors (Lipinski definition) is 1. The first-order valence-electron chi connectivity index (χ1n) is 4.45. The van der Waals surface area contributed by atoms with Gasteiger partial charge in [0.1, 0.15) is 5.15 Å². The molecular weight excluding hydrogens is 236 g/mol. The van der Waals surface area contributed by atoms with Crippen LogP contribution in [-0.2, 0) is 10.0 Å². The maximum atomic E-state index is 11.1. The lowest BCUT2D eigenvalue weighted by Gasteiger charge is -2.17. The van der Waals surface area contributed by atoms with E-state index in [0.717, 1.165) is 5.56 Å². The zero-order chi connectivity index (χ0) is 11.6. The quantitative estimate of drug-likeness (QED) is 0.825. The van der Waals surface area contributed by atoms with E-state index in [1.54, 1.807) is 32.2 Å². The van der Waals surface area contributed by atoms with Crippen LogP contribution in [0.2, 0.25) is 5.15 Å². The Morgan fingerprint density at radius 3 is 2.40 bits per heavy atom. The Balaban J connectivity index is 2.95. The molecule has 15 heavy (non-hydrogen) atoms. The molecule has 0 saturated heterocycles. The van der Waals surface area contributed by atoms with E-state index in [0.29, 0.717) is 5.15 Å². The number of sulfonamides is 1. The van der Waals surface area contributed by atoms with Crippen LogP contribution >= 0.6 is 11.6 Å². The van der Waals surface area contributed by atoms with E-state index in [-0.39, 0.29) is 5.92 Å². The van der Waals surface area contributed by atoms with E-state index in [2.05, 4.69) is 4.98 Å². The van der Waals surface area contributed by atoms with Crippen LogP contribution < -0.4 is 5.14 Å². The molecule has 0 radical (unpaired) electrons. The summed E-state index contributed by atoms with van der Waals surface area (Å²) in [6.45, 7) is 3.37. The van der Waals surface area contributed by atoms with Crippen LogP contribution in [-0.4, -0.2) is 18.7 Å². The molecule has 1 rings (SSSR count). The van der Waals surface area contributed by atoms with Gasteiger partial charge in [0.05, 0.1) is 5.25 Å². The summed E-state index contributed by atoms with van der Waals surface area (Å²) in [6, 6.07) is 3.38. The van der Waals surface area contributed by atoms with Crippen molar-refractivity contribution in [2.75, 3.05) is 0 Å². The Labute approximate surface area is 94.5 Å². The zero-order valence-electron chi connectivity index (χ0n) is 8.51. The van der Waals surface area contributed by atoms with Gasteiger partial charge in [0.25, 0.3) is 0 Å². The van der Waals surface area contributed by atoms with Crippen molar-refractivity contribution in [1.82, 2.24) is 4.98 Å². The Bertz CT molecular complexity index is 430. The third-order valence-electron chi connectivity index (χ3n) is 2.50.